The van der Waals surface area contributed by atoms with Crippen molar-refractivity contribution >= 4 is 47.4 Å². The molecule has 1 aliphatic rings. The predicted molar refractivity (Wildman–Crippen MR) is 109 cm³/mol. The highest BCUT2D eigenvalue weighted by atomic mass is 35.5. The molecule has 0 unspecified atom stereocenters. The number of thioether (sulfide) groups is 1. The molecule has 0 aliphatic carbocycles. The summed E-state index contributed by atoms with van der Waals surface area (Å²) in [7, 11) is 0. The van der Waals surface area contributed by atoms with Crippen molar-refractivity contribution in [1.29, 1.82) is 0 Å². The zero-order valence-corrected chi connectivity index (χ0v) is 17.1. The minimum atomic E-state index is -0.270. The van der Waals surface area contributed by atoms with Crippen LogP contribution < -0.4 is 10.6 Å². The van der Waals surface area contributed by atoms with Gasteiger partial charge in [0.2, 0.25) is 0 Å². The van der Waals surface area contributed by atoms with Crippen molar-refractivity contribution in [2.24, 2.45) is 0 Å². The second kappa shape index (κ2) is 9.60. The summed E-state index contributed by atoms with van der Waals surface area (Å²) < 4.78 is 1.80. The Hall–Kier alpha value is -1.28. The number of halogens is 2. The Bertz CT molecular complexity index is 747. The maximum absolute atomic E-state index is 12.6. The number of benzene rings is 1. The highest BCUT2D eigenvalue weighted by Crippen LogP contribution is 2.36. The Morgan fingerprint density at radius 1 is 1.38 bits per heavy atom. The van der Waals surface area contributed by atoms with E-state index in [1.165, 1.54) is 0 Å². The van der Waals surface area contributed by atoms with Gasteiger partial charge in [0.05, 0.1) is 22.9 Å². The van der Waals surface area contributed by atoms with Gasteiger partial charge in [-0.3, -0.25) is 4.79 Å². The average molecular weight is 416 g/mol. The fraction of sp³-hybridized carbons (Fsp3) is 0.471. The molecule has 2 N–H and O–H groups in total. The lowest BCUT2D eigenvalue weighted by molar-refractivity contribution is 0.102. The quantitative estimate of drug-likeness (QED) is 0.721. The minimum absolute atomic E-state index is 0. The maximum atomic E-state index is 12.6. The van der Waals surface area contributed by atoms with Crippen LogP contribution in [0.25, 0.3) is 0 Å². The second-order valence-corrected chi connectivity index (χ2v) is 8.30. The Kier molecular flexibility index (Phi) is 7.76. The summed E-state index contributed by atoms with van der Waals surface area (Å²) in [5.41, 5.74) is 1.02. The topological polar surface area (TPSA) is 71.8 Å². The van der Waals surface area contributed by atoms with E-state index >= 15 is 0 Å². The molecule has 142 valence electrons. The third-order valence-corrected chi connectivity index (χ3v) is 5.57. The number of amides is 1. The summed E-state index contributed by atoms with van der Waals surface area (Å²) in [6.45, 7) is 6.10. The van der Waals surface area contributed by atoms with E-state index in [1.807, 2.05) is 18.2 Å². The third-order valence-electron chi connectivity index (χ3n) is 3.99. The fourth-order valence-corrected chi connectivity index (χ4v) is 3.99. The monoisotopic (exact) mass is 415 g/mol. The number of rotatable bonds is 5. The van der Waals surface area contributed by atoms with Crippen molar-refractivity contribution in [1.82, 2.24) is 20.3 Å². The number of nitrogens with zero attached hydrogens (tertiary/aromatic N) is 3. The Balaban J connectivity index is 0.00000243. The van der Waals surface area contributed by atoms with Crippen LogP contribution in [0.3, 0.4) is 0 Å². The molecule has 0 saturated carbocycles. The Morgan fingerprint density at radius 2 is 2.12 bits per heavy atom. The van der Waals surface area contributed by atoms with E-state index in [9.17, 15) is 4.79 Å². The van der Waals surface area contributed by atoms with Crippen LogP contribution in [0.15, 0.2) is 29.3 Å². The molecule has 0 atom stereocenters. The van der Waals surface area contributed by atoms with E-state index < -0.39 is 0 Å². The first-order chi connectivity index (χ1) is 12.0. The average Bonchev–Trinajstić information content (AvgIpc) is 3.09. The highest BCUT2D eigenvalue weighted by Gasteiger charge is 2.20. The number of piperidine rings is 1. The van der Waals surface area contributed by atoms with Gasteiger partial charge < -0.3 is 10.6 Å². The molecule has 26 heavy (non-hydrogen) atoms. The predicted octanol–water partition coefficient (Wildman–Crippen LogP) is 4.03. The molecule has 0 bridgehead atoms. The van der Waals surface area contributed by atoms with Crippen LogP contribution >= 0.6 is 35.8 Å². The summed E-state index contributed by atoms with van der Waals surface area (Å²) in [6.07, 6.45) is 3.72. The van der Waals surface area contributed by atoms with E-state index in [0.29, 0.717) is 27.7 Å². The molecular formula is C17H23Cl2N5OS. The van der Waals surface area contributed by atoms with Crippen LogP contribution in [0.4, 0.5) is 5.69 Å². The van der Waals surface area contributed by atoms with E-state index in [-0.39, 0.29) is 18.3 Å². The van der Waals surface area contributed by atoms with Crippen molar-refractivity contribution in [3.63, 3.8) is 0 Å². The molecule has 1 fully saturated rings. The van der Waals surface area contributed by atoms with Gasteiger partial charge >= 0.3 is 0 Å². The second-order valence-electron chi connectivity index (χ2n) is 6.30. The van der Waals surface area contributed by atoms with Crippen LogP contribution in [0.1, 0.15) is 43.2 Å². The van der Waals surface area contributed by atoms with Crippen molar-refractivity contribution in [3.8, 4) is 0 Å². The van der Waals surface area contributed by atoms with Gasteiger partial charge in [-0.15, -0.1) is 29.3 Å². The molecule has 1 amide bonds. The van der Waals surface area contributed by atoms with Crippen molar-refractivity contribution in [2.75, 3.05) is 18.4 Å². The molecular weight excluding hydrogens is 393 g/mol. The van der Waals surface area contributed by atoms with Gasteiger partial charge in [-0.2, -0.15) is 0 Å². The SMILES string of the molecule is CC(C)Sc1c(Cl)cccc1NC(=O)c1cn(C2CCNCC2)nn1.Cl. The summed E-state index contributed by atoms with van der Waals surface area (Å²) in [5, 5.41) is 15.4. The largest absolute Gasteiger partial charge is 0.319 e. The van der Waals surface area contributed by atoms with Gasteiger partial charge in [0.15, 0.2) is 5.69 Å². The molecule has 9 heteroatoms. The van der Waals surface area contributed by atoms with Crippen LogP contribution in [0, 0.1) is 0 Å². The van der Waals surface area contributed by atoms with Crippen LogP contribution in [-0.4, -0.2) is 39.2 Å². The lowest BCUT2D eigenvalue weighted by Gasteiger charge is -2.22. The third kappa shape index (κ3) is 5.13. The van der Waals surface area contributed by atoms with E-state index in [1.54, 1.807) is 22.6 Å². The summed E-state index contributed by atoms with van der Waals surface area (Å²) >= 11 is 7.92. The zero-order chi connectivity index (χ0) is 17.8. The minimum Gasteiger partial charge on any atom is -0.319 e. The van der Waals surface area contributed by atoms with Crippen LogP contribution in [0.5, 0.6) is 0 Å². The molecule has 1 aliphatic heterocycles. The number of anilines is 1. The van der Waals surface area contributed by atoms with Gasteiger partial charge in [0.1, 0.15) is 0 Å². The van der Waals surface area contributed by atoms with E-state index in [2.05, 4.69) is 34.8 Å². The van der Waals surface area contributed by atoms with Crippen LogP contribution in [0.2, 0.25) is 5.02 Å². The lowest BCUT2D eigenvalue weighted by Crippen LogP contribution is -2.29. The number of nitrogens with one attached hydrogen (secondary N) is 2. The number of hydrogen-bond acceptors (Lipinski definition) is 5. The van der Waals surface area contributed by atoms with Crippen molar-refractivity contribution in [3.05, 3.63) is 35.1 Å². The molecule has 2 aromatic rings. The zero-order valence-electron chi connectivity index (χ0n) is 14.7. The smallest absolute Gasteiger partial charge is 0.277 e. The van der Waals surface area contributed by atoms with Gasteiger partial charge in [-0.1, -0.05) is 36.7 Å². The Labute approximate surface area is 168 Å². The molecule has 3 rings (SSSR count). The standard InChI is InChI=1S/C17H22ClN5OS.ClH/c1-11(2)25-16-13(18)4-3-5-14(16)20-17(24)15-10-23(22-21-15)12-6-8-19-9-7-12;/h3-5,10-12,19H,6-9H2,1-2H3,(H,20,24);1H. The number of hydrogen-bond donors (Lipinski definition) is 2. The molecule has 2 heterocycles. The number of aromatic nitrogens is 3. The number of carbonyl (C=O) groups excluding carboxylic acids is 1. The molecule has 6 nitrogen and oxygen atoms in total. The van der Waals surface area contributed by atoms with E-state index in [0.717, 1.165) is 30.8 Å². The summed E-state index contributed by atoms with van der Waals surface area (Å²) in [5.74, 6) is -0.270. The van der Waals surface area contributed by atoms with Gasteiger partial charge in [-0.05, 0) is 38.1 Å². The normalized spacial score (nSPS) is 14.9. The Morgan fingerprint density at radius 3 is 2.81 bits per heavy atom. The van der Waals surface area contributed by atoms with Gasteiger partial charge in [0.25, 0.3) is 5.91 Å². The summed E-state index contributed by atoms with van der Waals surface area (Å²) in [6, 6.07) is 5.81. The fourth-order valence-electron chi connectivity index (χ4n) is 2.78. The molecule has 1 saturated heterocycles. The van der Waals surface area contributed by atoms with Crippen molar-refractivity contribution in [2.45, 2.75) is 42.9 Å². The first kappa shape index (κ1) is 21.0. The molecule has 1 aromatic heterocycles. The van der Waals surface area contributed by atoms with Crippen LogP contribution in [-0.2, 0) is 0 Å². The lowest BCUT2D eigenvalue weighted by atomic mass is 10.1. The van der Waals surface area contributed by atoms with Crippen molar-refractivity contribution < 1.29 is 4.79 Å². The van der Waals surface area contributed by atoms with Gasteiger partial charge in [0, 0.05) is 10.1 Å². The first-order valence-electron chi connectivity index (χ1n) is 8.43. The molecule has 1 aromatic carbocycles. The maximum Gasteiger partial charge on any atom is 0.277 e. The molecule has 0 radical (unpaired) electrons. The summed E-state index contributed by atoms with van der Waals surface area (Å²) in [4.78, 5) is 13.4. The first-order valence-corrected chi connectivity index (χ1v) is 9.69. The molecule has 0 spiro atoms. The van der Waals surface area contributed by atoms with E-state index in [4.69, 9.17) is 11.6 Å². The van der Waals surface area contributed by atoms with Gasteiger partial charge in [-0.25, -0.2) is 4.68 Å². The number of carbonyl (C=O) groups is 1. The highest BCUT2D eigenvalue weighted by molar-refractivity contribution is 8.00.